The van der Waals surface area contributed by atoms with Gasteiger partial charge in [-0.15, -0.1) is 12.4 Å². The van der Waals surface area contributed by atoms with E-state index in [9.17, 15) is 21.9 Å². The number of carboxylic acids is 1. The molecule has 1 atom stereocenters. The Morgan fingerprint density at radius 2 is 2.00 bits per heavy atom. The first-order chi connectivity index (χ1) is 10.7. The lowest BCUT2D eigenvalue weighted by Crippen LogP contribution is -2.30. The van der Waals surface area contributed by atoms with E-state index >= 15 is 0 Å². The van der Waals surface area contributed by atoms with E-state index in [4.69, 9.17) is 10.8 Å². The molecule has 0 fully saturated rings. The zero-order chi connectivity index (χ0) is 17.5. The number of nitrogens with two attached hydrogens (primary N) is 1. The summed E-state index contributed by atoms with van der Waals surface area (Å²) in [6.45, 7) is 0.289. The summed E-state index contributed by atoms with van der Waals surface area (Å²) >= 11 is 0. The smallest absolute Gasteiger partial charge is 0.480 e. The monoisotopic (exact) mass is 384 g/mol. The molecule has 4 N–H and O–H groups in total. The second kappa shape index (κ2) is 10.1. The molecule has 0 heterocycles. The van der Waals surface area contributed by atoms with Crippen molar-refractivity contribution in [3.05, 3.63) is 29.8 Å². The first-order valence-corrected chi connectivity index (χ1v) is 8.00. The van der Waals surface area contributed by atoms with Crippen LogP contribution >= 0.6 is 12.4 Å². The molecule has 0 spiro atoms. The molecule has 1 amide bonds. The van der Waals surface area contributed by atoms with Crippen molar-refractivity contribution in [3.63, 3.8) is 0 Å². The maximum Gasteiger partial charge on any atom is 0.488 e. The average molecular weight is 385 g/mol. The Labute approximate surface area is 145 Å². The maximum absolute atomic E-state index is 12.4. The van der Waals surface area contributed by atoms with Crippen LogP contribution in [0.5, 0.6) is 5.75 Å². The van der Waals surface area contributed by atoms with E-state index in [0.717, 1.165) is 6.07 Å². The third-order valence-electron chi connectivity index (χ3n) is 2.84. The van der Waals surface area contributed by atoms with Gasteiger partial charge in [-0.1, -0.05) is 9.95 Å². The quantitative estimate of drug-likeness (QED) is 0.427. The molecule has 24 heavy (non-hydrogen) atoms. The van der Waals surface area contributed by atoms with Gasteiger partial charge in [-0.25, -0.2) is 0 Å². The number of rotatable bonds is 9. The van der Waals surface area contributed by atoms with E-state index in [2.05, 4.69) is 9.50 Å². The summed E-state index contributed by atoms with van der Waals surface area (Å²) in [6.07, 6.45) is 1.35. The summed E-state index contributed by atoms with van der Waals surface area (Å²) in [5.41, 5.74) is 5.44. The standard InChI is InChI=1S/C13H17FN2O6S.ClH/c14-23(20,21)22-10-5-3-4-9(8-10)12(17)16-7-2-1-6-11(15)13(18)19;/h3-5,8,11H,1-2,6-7,15H2,(H,16,17)(H,18,19);1H/t11-;/m0./s1. The number of amides is 1. The van der Waals surface area contributed by atoms with Crippen LogP contribution in [0.15, 0.2) is 24.3 Å². The molecule has 0 saturated heterocycles. The van der Waals surface area contributed by atoms with Crippen molar-refractivity contribution in [2.75, 3.05) is 6.54 Å². The van der Waals surface area contributed by atoms with E-state index in [1.54, 1.807) is 0 Å². The SMILES string of the molecule is Cl.N[C@@H](CCCCNC(=O)c1cccc(OS(=O)(=O)F)c1)C(=O)O. The van der Waals surface area contributed by atoms with Crippen LogP contribution in [-0.2, 0) is 15.3 Å². The molecular weight excluding hydrogens is 367 g/mol. The van der Waals surface area contributed by atoms with Crippen LogP contribution in [0, 0.1) is 0 Å². The molecule has 0 unspecified atom stereocenters. The van der Waals surface area contributed by atoms with E-state index in [1.807, 2.05) is 0 Å². The van der Waals surface area contributed by atoms with Crippen molar-refractivity contribution in [2.24, 2.45) is 5.73 Å². The number of carbonyl (C=O) groups is 2. The topological polar surface area (TPSA) is 136 Å². The summed E-state index contributed by atoms with van der Waals surface area (Å²) in [5, 5.41) is 11.2. The lowest BCUT2D eigenvalue weighted by atomic mass is 10.1. The summed E-state index contributed by atoms with van der Waals surface area (Å²) in [4.78, 5) is 22.4. The van der Waals surface area contributed by atoms with E-state index in [1.165, 1.54) is 18.2 Å². The van der Waals surface area contributed by atoms with Crippen LogP contribution in [0.4, 0.5) is 3.89 Å². The predicted molar refractivity (Wildman–Crippen MR) is 86.1 cm³/mol. The summed E-state index contributed by atoms with van der Waals surface area (Å²) < 4.78 is 37.2. The second-order valence-electron chi connectivity index (χ2n) is 4.70. The normalized spacial score (nSPS) is 11.9. The molecule has 0 bridgehead atoms. The molecule has 0 saturated carbocycles. The molecule has 0 radical (unpaired) electrons. The minimum absolute atomic E-state index is 0. The van der Waals surface area contributed by atoms with Gasteiger partial charge < -0.3 is 20.3 Å². The van der Waals surface area contributed by atoms with E-state index in [0.29, 0.717) is 19.3 Å². The van der Waals surface area contributed by atoms with Gasteiger partial charge in [0.1, 0.15) is 11.8 Å². The van der Waals surface area contributed by atoms with Gasteiger partial charge in [0.25, 0.3) is 5.91 Å². The minimum Gasteiger partial charge on any atom is -0.480 e. The van der Waals surface area contributed by atoms with Gasteiger partial charge in [-0.3, -0.25) is 9.59 Å². The average Bonchev–Trinajstić information content (AvgIpc) is 2.44. The Morgan fingerprint density at radius 1 is 1.33 bits per heavy atom. The molecule has 136 valence electrons. The fraction of sp³-hybridized carbons (Fsp3) is 0.385. The number of aliphatic carboxylic acids is 1. The lowest BCUT2D eigenvalue weighted by molar-refractivity contribution is -0.138. The molecule has 11 heteroatoms. The van der Waals surface area contributed by atoms with Gasteiger partial charge >= 0.3 is 16.5 Å². The number of unbranched alkanes of at least 4 members (excludes halogenated alkanes) is 1. The van der Waals surface area contributed by atoms with Crippen LogP contribution in [0.25, 0.3) is 0 Å². The molecule has 8 nitrogen and oxygen atoms in total. The van der Waals surface area contributed by atoms with E-state index in [-0.39, 0.29) is 30.3 Å². The minimum atomic E-state index is -5.15. The molecule has 0 aliphatic rings. The van der Waals surface area contributed by atoms with Gasteiger partial charge in [-0.2, -0.15) is 8.42 Å². The number of benzene rings is 1. The first-order valence-electron chi connectivity index (χ1n) is 6.70. The van der Waals surface area contributed by atoms with Crippen molar-refractivity contribution in [3.8, 4) is 5.75 Å². The van der Waals surface area contributed by atoms with Crippen LogP contribution in [-0.4, -0.2) is 38.0 Å². The fourth-order valence-corrected chi connectivity index (χ4v) is 2.05. The predicted octanol–water partition coefficient (Wildman–Crippen LogP) is 1.01. The number of halogens is 2. The van der Waals surface area contributed by atoms with Gasteiger partial charge in [0, 0.05) is 12.1 Å². The Bertz CT molecular complexity index is 670. The Morgan fingerprint density at radius 3 is 2.58 bits per heavy atom. The lowest BCUT2D eigenvalue weighted by Gasteiger charge is -2.08. The largest absolute Gasteiger partial charge is 0.488 e. The third-order valence-corrected chi connectivity index (χ3v) is 3.23. The maximum atomic E-state index is 12.4. The molecule has 0 aromatic heterocycles. The Balaban J connectivity index is 0.00000529. The first kappa shape index (κ1) is 22.1. The highest BCUT2D eigenvalue weighted by molar-refractivity contribution is 7.81. The molecule has 0 aliphatic heterocycles. The highest BCUT2D eigenvalue weighted by Crippen LogP contribution is 2.16. The summed E-state index contributed by atoms with van der Waals surface area (Å²) in [5.74, 6) is -1.88. The molecule has 1 aromatic rings. The van der Waals surface area contributed by atoms with E-state index < -0.39 is 28.4 Å². The van der Waals surface area contributed by atoms with Crippen LogP contribution in [0.1, 0.15) is 29.6 Å². The molecular formula is C13H18ClFN2O6S. The van der Waals surface area contributed by atoms with Crippen LogP contribution in [0.3, 0.4) is 0 Å². The third kappa shape index (κ3) is 8.65. The van der Waals surface area contributed by atoms with Gasteiger partial charge in [-0.05, 0) is 37.5 Å². The number of hydrogen-bond acceptors (Lipinski definition) is 6. The Hall–Kier alpha value is -1.91. The Kier molecular flexibility index (Phi) is 9.26. The summed E-state index contributed by atoms with van der Waals surface area (Å²) in [6, 6.07) is 4.12. The zero-order valence-electron chi connectivity index (χ0n) is 12.5. The highest BCUT2D eigenvalue weighted by Gasteiger charge is 2.13. The number of nitrogens with one attached hydrogen (secondary N) is 1. The molecule has 0 aliphatic carbocycles. The number of carboxylic acid groups (broad SMARTS) is 1. The van der Waals surface area contributed by atoms with Crippen molar-refractivity contribution in [1.82, 2.24) is 5.32 Å². The molecule has 1 rings (SSSR count). The van der Waals surface area contributed by atoms with Crippen LogP contribution < -0.4 is 15.2 Å². The second-order valence-corrected chi connectivity index (χ2v) is 5.65. The number of hydrogen-bond donors (Lipinski definition) is 3. The zero-order valence-corrected chi connectivity index (χ0v) is 14.1. The summed E-state index contributed by atoms with van der Waals surface area (Å²) in [7, 11) is -5.15. The fourth-order valence-electron chi connectivity index (χ4n) is 1.72. The van der Waals surface area contributed by atoms with Crippen molar-refractivity contribution in [1.29, 1.82) is 0 Å². The van der Waals surface area contributed by atoms with Gasteiger partial charge in [0.15, 0.2) is 0 Å². The van der Waals surface area contributed by atoms with Crippen molar-refractivity contribution < 1.29 is 31.2 Å². The molecule has 1 aromatic carbocycles. The van der Waals surface area contributed by atoms with Crippen molar-refractivity contribution in [2.45, 2.75) is 25.3 Å². The van der Waals surface area contributed by atoms with Gasteiger partial charge in [0.2, 0.25) is 0 Å². The number of carbonyl (C=O) groups excluding carboxylic acids is 1. The van der Waals surface area contributed by atoms with Crippen LogP contribution in [0.2, 0.25) is 0 Å². The van der Waals surface area contributed by atoms with Crippen molar-refractivity contribution >= 4 is 34.8 Å². The highest BCUT2D eigenvalue weighted by atomic mass is 35.5. The van der Waals surface area contributed by atoms with Gasteiger partial charge in [0.05, 0.1) is 0 Å².